The quantitative estimate of drug-likeness (QED) is 0.252. The lowest BCUT2D eigenvalue weighted by Crippen LogP contribution is -2.25. The molecule has 1 aliphatic rings. The van der Waals surface area contributed by atoms with Gasteiger partial charge in [-0.15, -0.1) is 0 Å². The first-order valence-electron chi connectivity index (χ1n) is 9.89. The average molecular weight is 490 g/mol. The number of nitro groups is 1. The highest BCUT2D eigenvalue weighted by atomic mass is 35.5. The first-order chi connectivity index (χ1) is 16.7. The molecule has 10 nitrogen and oxygen atoms in total. The third kappa shape index (κ3) is 4.23. The second kappa shape index (κ2) is 9.17. The van der Waals surface area contributed by atoms with E-state index < -0.39 is 51.8 Å². The maximum absolute atomic E-state index is 13.0. The summed E-state index contributed by atoms with van der Waals surface area (Å²) in [5.74, 6) is -3.45. The monoisotopic (exact) mass is 489 g/mol. The van der Waals surface area contributed by atoms with Gasteiger partial charge in [-0.2, -0.15) is 5.26 Å². The van der Waals surface area contributed by atoms with Gasteiger partial charge < -0.3 is 10.1 Å². The van der Waals surface area contributed by atoms with Crippen molar-refractivity contribution >= 4 is 46.4 Å². The number of amides is 1. The lowest BCUT2D eigenvalue weighted by atomic mass is 9.82. The second-order valence-corrected chi connectivity index (χ2v) is 7.71. The Morgan fingerprint density at radius 2 is 1.71 bits per heavy atom. The van der Waals surface area contributed by atoms with E-state index in [9.17, 15) is 29.3 Å². The van der Waals surface area contributed by atoms with E-state index in [2.05, 4.69) is 5.32 Å². The number of nitriles is 1. The zero-order valence-corrected chi connectivity index (χ0v) is 18.3. The Balaban J connectivity index is 1.61. The largest absolute Gasteiger partial charge is 0.452 e. The third-order valence-corrected chi connectivity index (χ3v) is 5.41. The smallest absolute Gasteiger partial charge is 0.345 e. The molecule has 0 aliphatic heterocycles. The Morgan fingerprint density at radius 3 is 2.37 bits per heavy atom. The summed E-state index contributed by atoms with van der Waals surface area (Å²) in [6.07, 6.45) is 0. The van der Waals surface area contributed by atoms with Gasteiger partial charge in [-0.1, -0.05) is 35.9 Å². The molecule has 1 amide bonds. The number of ether oxygens (including phenoxy) is 1. The molecule has 3 aromatic rings. The van der Waals surface area contributed by atoms with Crippen molar-refractivity contribution in [1.29, 1.82) is 5.26 Å². The molecule has 3 aromatic carbocycles. The van der Waals surface area contributed by atoms with Gasteiger partial charge in [0.2, 0.25) is 5.78 Å². The van der Waals surface area contributed by atoms with Gasteiger partial charge in [0.05, 0.1) is 16.2 Å². The molecule has 35 heavy (non-hydrogen) atoms. The molecule has 0 fully saturated rings. The topological polar surface area (TPSA) is 156 Å². The minimum atomic E-state index is -1.25. The minimum Gasteiger partial charge on any atom is -0.452 e. The van der Waals surface area contributed by atoms with Crippen LogP contribution in [-0.4, -0.2) is 35.0 Å². The standard InChI is InChI=1S/C24H12ClN3O7/c25-13-6-5-12(10-26)18(9-13)27-19(29)11-35-24(32)17-8-7-16-20(21(17)28(33)34)23(31)15-4-2-1-3-14(15)22(16)30/h1-9H,11H2,(H,27,29). The molecule has 0 heterocycles. The summed E-state index contributed by atoms with van der Waals surface area (Å²) in [5, 5.41) is 23.6. The van der Waals surface area contributed by atoms with Gasteiger partial charge in [0.25, 0.3) is 11.6 Å². The zero-order chi connectivity index (χ0) is 25.3. The highest BCUT2D eigenvalue weighted by Crippen LogP contribution is 2.35. The van der Waals surface area contributed by atoms with E-state index in [-0.39, 0.29) is 33.0 Å². The number of esters is 1. The molecular weight excluding hydrogens is 478 g/mol. The van der Waals surface area contributed by atoms with Crippen molar-refractivity contribution < 1.29 is 28.8 Å². The molecular formula is C24H12ClN3O7. The molecule has 0 unspecified atom stereocenters. The number of nitrogens with zero attached hydrogens (tertiary/aromatic N) is 2. The van der Waals surface area contributed by atoms with Crippen LogP contribution in [0.25, 0.3) is 0 Å². The predicted octanol–water partition coefficient (Wildman–Crippen LogP) is 3.69. The first kappa shape index (κ1) is 23.3. The highest BCUT2D eigenvalue weighted by molar-refractivity contribution is 6.31. The number of carbonyl (C=O) groups is 4. The Kier molecular flexibility index (Phi) is 6.10. The molecule has 4 rings (SSSR count). The first-order valence-corrected chi connectivity index (χ1v) is 10.3. The van der Waals surface area contributed by atoms with Crippen molar-refractivity contribution in [1.82, 2.24) is 0 Å². The molecule has 0 aromatic heterocycles. The molecule has 0 saturated carbocycles. The number of rotatable bonds is 5. The molecule has 1 aliphatic carbocycles. The van der Waals surface area contributed by atoms with Gasteiger partial charge >= 0.3 is 5.97 Å². The zero-order valence-electron chi connectivity index (χ0n) is 17.5. The van der Waals surface area contributed by atoms with Crippen LogP contribution in [0.2, 0.25) is 5.02 Å². The van der Waals surface area contributed by atoms with E-state index in [1.807, 2.05) is 6.07 Å². The van der Waals surface area contributed by atoms with Crippen LogP contribution in [0.15, 0.2) is 54.6 Å². The summed E-state index contributed by atoms with van der Waals surface area (Å²) < 4.78 is 4.91. The van der Waals surface area contributed by atoms with Gasteiger partial charge in [-0.3, -0.25) is 24.5 Å². The van der Waals surface area contributed by atoms with Crippen LogP contribution >= 0.6 is 11.6 Å². The minimum absolute atomic E-state index is 0.0205. The molecule has 0 bridgehead atoms. The van der Waals surface area contributed by atoms with Crippen molar-refractivity contribution in [2.75, 3.05) is 11.9 Å². The summed E-state index contributed by atoms with van der Waals surface area (Å²) in [6.45, 7) is -0.847. The summed E-state index contributed by atoms with van der Waals surface area (Å²) in [6, 6.07) is 14.0. The van der Waals surface area contributed by atoms with E-state index in [0.29, 0.717) is 0 Å². The number of fused-ring (bicyclic) bond motifs is 2. The van der Waals surface area contributed by atoms with Crippen molar-refractivity contribution in [2.24, 2.45) is 0 Å². The summed E-state index contributed by atoms with van der Waals surface area (Å²) in [4.78, 5) is 61.6. The van der Waals surface area contributed by atoms with Crippen molar-refractivity contribution in [3.63, 3.8) is 0 Å². The molecule has 172 valence electrons. The van der Waals surface area contributed by atoms with E-state index in [1.165, 1.54) is 36.4 Å². The number of nitrogens with one attached hydrogen (secondary N) is 1. The number of ketones is 2. The van der Waals surface area contributed by atoms with Crippen LogP contribution in [0.3, 0.4) is 0 Å². The average Bonchev–Trinajstić information content (AvgIpc) is 2.85. The lowest BCUT2D eigenvalue weighted by molar-refractivity contribution is -0.385. The number of halogens is 1. The van der Waals surface area contributed by atoms with Crippen LogP contribution in [0, 0.1) is 21.4 Å². The van der Waals surface area contributed by atoms with Crippen LogP contribution in [-0.2, 0) is 9.53 Å². The van der Waals surface area contributed by atoms with Crippen LogP contribution < -0.4 is 5.32 Å². The maximum atomic E-state index is 13.0. The number of hydrogen-bond donors (Lipinski definition) is 1. The van der Waals surface area contributed by atoms with Gasteiger partial charge in [0, 0.05) is 21.7 Å². The van der Waals surface area contributed by atoms with Crippen molar-refractivity contribution in [3.8, 4) is 6.07 Å². The Hall–Kier alpha value is -4.88. The fraction of sp³-hybridized carbons (Fsp3) is 0.0417. The van der Waals surface area contributed by atoms with Crippen molar-refractivity contribution in [3.05, 3.63) is 103 Å². The van der Waals surface area contributed by atoms with Gasteiger partial charge in [0.1, 0.15) is 17.2 Å². The molecule has 0 atom stereocenters. The van der Waals surface area contributed by atoms with E-state index in [0.717, 1.165) is 12.1 Å². The third-order valence-electron chi connectivity index (χ3n) is 5.18. The maximum Gasteiger partial charge on any atom is 0.345 e. The Morgan fingerprint density at radius 1 is 1.03 bits per heavy atom. The van der Waals surface area contributed by atoms with Gasteiger partial charge in [-0.25, -0.2) is 4.79 Å². The molecule has 1 N–H and O–H groups in total. The number of hydrogen-bond acceptors (Lipinski definition) is 8. The van der Waals surface area contributed by atoms with Crippen LogP contribution in [0.5, 0.6) is 0 Å². The van der Waals surface area contributed by atoms with Crippen LogP contribution in [0.1, 0.15) is 47.8 Å². The predicted molar refractivity (Wildman–Crippen MR) is 121 cm³/mol. The number of carbonyl (C=O) groups excluding carboxylic acids is 4. The SMILES string of the molecule is N#Cc1ccc(Cl)cc1NC(=O)COC(=O)c1ccc2c(c1[N+](=O)[O-])C(=O)c1ccccc1C2=O. The Bertz CT molecular complexity index is 1510. The fourth-order valence-corrected chi connectivity index (χ4v) is 3.81. The second-order valence-electron chi connectivity index (χ2n) is 7.27. The number of nitro benzene ring substituents is 1. The van der Waals surface area contributed by atoms with E-state index in [4.69, 9.17) is 21.6 Å². The normalized spacial score (nSPS) is 11.7. The van der Waals surface area contributed by atoms with Gasteiger partial charge in [0.15, 0.2) is 12.4 Å². The van der Waals surface area contributed by atoms with Gasteiger partial charge in [-0.05, 0) is 30.3 Å². The van der Waals surface area contributed by atoms with E-state index >= 15 is 0 Å². The Labute approximate surface area is 201 Å². The molecule has 11 heteroatoms. The van der Waals surface area contributed by atoms with Crippen molar-refractivity contribution in [2.45, 2.75) is 0 Å². The number of anilines is 1. The lowest BCUT2D eigenvalue weighted by Gasteiger charge is -2.18. The van der Waals surface area contributed by atoms with E-state index in [1.54, 1.807) is 6.07 Å². The number of benzene rings is 3. The fourth-order valence-electron chi connectivity index (χ4n) is 3.64. The highest BCUT2D eigenvalue weighted by Gasteiger charge is 2.39. The summed E-state index contributed by atoms with van der Waals surface area (Å²) in [5.41, 5.74) is -1.93. The molecule has 0 radical (unpaired) electrons. The summed E-state index contributed by atoms with van der Waals surface area (Å²) >= 11 is 5.86. The molecule has 0 spiro atoms. The molecule has 0 saturated heterocycles. The van der Waals surface area contributed by atoms with Crippen LogP contribution in [0.4, 0.5) is 11.4 Å². The summed E-state index contributed by atoms with van der Waals surface area (Å²) in [7, 11) is 0.